The fraction of sp³-hybridized carbons (Fsp3) is 0.833. The number of aromatic amines is 1. The number of rotatable bonds is 1. The first-order valence-electron chi connectivity index (χ1n) is 6.18. The summed E-state index contributed by atoms with van der Waals surface area (Å²) in [6, 6.07) is 0. The fourth-order valence-electron chi connectivity index (χ4n) is 2.59. The Morgan fingerprint density at radius 2 is 1.88 bits per heavy atom. The zero-order chi connectivity index (χ0) is 11.8. The number of nitrogens with one attached hydrogen (secondary N) is 1. The Morgan fingerprint density at radius 1 is 1.25 bits per heavy atom. The second kappa shape index (κ2) is 4.32. The molecule has 16 heavy (non-hydrogen) atoms. The summed E-state index contributed by atoms with van der Waals surface area (Å²) in [5.74, 6) is 1.76. The molecule has 4 heteroatoms. The van der Waals surface area contributed by atoms with Crippen molar-refractivity contribution in [3.05, 3.63) is 10.6 Å². The molecule has 1 aliphatic carbocycles. The molecule has 1 fully saturated rings. The van der Waals surface area contributed by atoms with Crippen LogP contribution in [0.3, 0.4) is 0 Å². The molecular weight excluding hydrogens is 218 g/mol. The van der Waals surface area contributed by atoms with Crippen LogP contribution >= 0.6 is 12.2 Å². The van der Waals surface area contributed by atoms with Gasteiger partial charge >= 0.3 is 0 Å². The maximum atomic E-state index is 5.34. The predicted octanol–water partition coefficient (Wildman–Crippen LogP) is 3.74. The zero-order valence-electron chi connectivity index (χ0n) is 10.4. The van der Waals surface area contributed by atoms with E-state index in [-0.39, 0.29) is 5.54 Å². The van der Waals surface area contributed by atoms with E-state index < -0.39 is 0 Å². The van der Waals surface area contributed by atoms with Crippen molar-refractivity contribution in [1.82, 2.24) is 14.8 Å². The van der Waals surface area contributed by atoms with Crippen molar-refractivity contribution >= 4 is 12.2 Å². The zero-order valence-corrected chi connectivity index (χ0v) is 11.2. The second-order valence-corrected chi connectivity index (χ2v) is 6.11. The van der Waals surface area contributed by atoms with Gasteiger partial charge in [0.25, 0.3) is 0 Å². The molecule has 1 aliphatic rings. The van der Waals surface area contributed by atoms with Crippen molar-refractivity contribution in [2.75, 3.05) is 0 Å². The van der Waals surface area contributed by atoms with E-state index in [1.165, 1.54) is 32.1 Å². The molecule has 1 saturated carbocycles. The van der Waals surface area contributed by atoms with Crippen molar-refractivity contribution in [3.8, 4) is 0 Å². The Labute approximate surface area is 102 Å². The first kappa shape index (κ1) is 11.8. The molecule has 0 atom stereocenters. The van der Waals surface area contributed by atoms with Crippen molar-refractivity contribution < 1.29 is 0 Å². The highest BCUT2D eigenvalue weighted by molar-refractivity contribution is 7.71. The van der Waals surface area contributed by atoms with E-state index >= 15 is 0 Å². The van der Waals surface area contributed by atoms with E-state index in [2.05, 4.69) is 35.5 Å². The molecular formula is C12H21N3S. The first-order valence-corrected chi connectivity index (χ1v) is 6.59. The number of nitrogens with zero attached hydrogens (tertiary/aromatic N) is 2. The van der Waals surface area contributed by atoms with Gasteiger partial charge in [0.2, 0.25) is 0 Å². The minimum Gasteiger partial charge on any atom is -0.299 e. The number of hydrogen-bond donors (Lipinski definition) is 1. The van der Waals surface area contributed by atoms with E-state index in [9.17, 15) is 0 Å². The largest absolute Gasteiger partial charge is 0.299 e. The fourth-order valence-corrected chi connectivity index (χ4v) is 3.01. The van der Waals surface area contributed by atoms with Gasteiger partial charge in [0.15, 0.2) is 4.77 Å². The summed E-state index contributed by atoms with van der Waals surface area (Å²) in [5, 5.41) is 7.41. The molecule has 0 amide bonds. The van der Waals surface area contributed by atoms with Crippen LogP contribution in [0.1, 0.15) is 64.6 Å². The molecule has 1 aromatic rings. The third-order valence-corrected chi connectivity index (χ3v) is 3.61. The highest BCUT2D eigenvalue weighted by Gasteiger charge is 2.26. The average Bonchev–Trinajstić information content (AvgIpc) is 2.61. The number of H-pyrrole nitrogens is 1. The van der Waals surface area contributed by atoms with Crippen molar-refractivity contribution in [1.29, 1.82) is 0 Å². The van der Waals surface area contributed by atoms with Crippen LogP contribution in [0.4, 0.5) is 0 Å². The molecule has 0 spiro atoms. The van der Waals surface area contributed by atoms with Gasteiger partial charge in [-0.05, 0) is 45.8 Å². The maximum Gasteiger partial charge on any atom is 0.195 e. The molecule has 0 bridgehead atoms. The Bertz CT molecular complexity index is 405. The molecule has 2 rings (SSSR count). The summed E-state index contributed by atoms with van der Waals surface area (Å²) >= 11 is 5.34. The third kappa shape index (κ3) is 2.21. The van der Waals surface area contributed by atoms with Crippen molar-refractivity contribution in [2.24, 2.45) is 0 Å². The Balaban J connectivity index is 2.37. The van der Waals surface area contributed by atoms with E-state index in [1.807, 2.05) is 0 Å². The minimum absolute atomic E-state index is 0.0247. The quantitative estimate of drug-likeness (QED) is 0.757. The lowest BCUT2D eigenvalue weighted by Crippen LogP contribution is -2.26. The summed E-state index contributed by atoms with van der Waals surface area (Å²) in [4.78, 5) is 0. The highest BCUT2D eigenvalue weighted by atomic mass is 32.1. The molecule has 90 valence electrons. The van der Waals surface area contributed by atoms with Crippen LogP contribution < -0.4 is 0 Å². The van der Waals surface area contributed by atoms with E-state index in [1.54, 1.807) is 0 Å². The van der Waals surface area contributed by atoms with Gasteiger partial charge in [-0.2, -0.15) is 5.10 Å². The normalized spacial score (nSPS) is 18.9. The van der Waals surface area contributed by atoms with Crippen LogP contribution in [-0.4, -0.2) is 14.8 Å². The number of aromatic nitrogens is 3. The van der Waals surface area contributed by atoms with Gasteiger partial charge in [-0.25, -0.2) is 0 Å². The van der Waals surface area contributed by atoms with Crippen LogP contribution in [0.15, 0.2) is 0 Å². The molecule has 0 aromatic carbocycles. The Morgan fingerprint density at radius 3 is 2.44 bits per heavy atom. The summed E-state index contributed by atoms with van der Waals surface area (Å²) in [5.41, 5.74) is 0.0247. The lowest BCUT2D eigenvalue weighted by Gasteiger charge is -2.27. The lowest BCUT2D eigenvalue weighted by molar-refractivity contribution is 0.342. The van der Waals surface area contributed by atoms with Gasteiger partial charge in [0, 0.05) is 11.5 Å². The summed E-state index contributed by atoms with van der Waals surface area (Å²) in [7, 11) is 0. The van der Waals surface area contributed by atoms with Gasteiger partial charge in [-0.1, -0.05) is 19.3 Å². The molecule has 1 heterocycles. The van der Waals surface area contributed by atoms with Crippen LogP contribution in [0, 0.1) is 4.77 Å². The standard InChI is InChI=1S/C12H21N3S/c1-12(2,3)15-10(13-14-11(15)16)9-7-5-4-6-8-9/h9H,4-8H2,1-3H3,(H,14,16). The van der Waals surface area contributed by atoms with E-state index in [4.69, 9.17) is 12.2 Å². The van der Waals surface area contributed by atoms with Crippen LogP contribution in [0.5, 0.6) is 0 Å². The predicted molar refractivity (Wildman–Crippen MR) is 68.2 cm³/mol. The summed E-state index contributed by atoms with van der Waals surface area (Å²) in [6.45, 7) is 6.56. The first-order chi connectivity index (χ1) is 7.50. The summed E-state index contributed by atoms with van der Waals surface area (Å²) < 4.78 is 2.95. The van der Waals surface area contributed by atoms with Crippen LogP contribution in [0.2, 0.25) is 0 Å². The van der Waals surface area contributed by atoms with Crippen molar-refractivity contribution in [3.63, 3.8) is 0 Å². The van der Waals surface area contributed by atoms with Gasteiger partial charge in [0.1, 0.15) is 5.82 Å². The Kier molecular flexibility index (Phi) is 3.19. The lowest BCUT2D eigenvalue weighted by atomic mass is 9.88. The van der Waals surface area contributed by atoms with E-state index in [0.717, 1.165) is 10.6 Å². The van der Waals surface area contributed by atoms with Gasteiger partial charge in [-0.15, -0.1) is 0 Å². The minimum atomic E-state index is 0.0247. The highest BCUT2D eigenvalue weighted by Crippen LogP contribution is 2.33. The van der Waals surface area contributed by atoms with Gasteiger partial charge < -0.3 is 0 Å². The monoisotopic (exact) mass is 239 g/mol. The topological polar surface area (TPSA) is 33.6 Å². The van der Waals surface area contributed by atoms with Crippen LogP contribution in [-0.2, 0) is 5.54 Å². The molecule has 0 radical (unpaired) electrons. The summed E-state index contributed by atoms with van der Waals surface area (Å²) in [6.07, 6.45) is 6.55. The smallest absolute Gasteiger partial charge is 0.195 e. The van der Waals surface area contributed by atoms with Crippen LogP contribution in [0.25, 0.3) is 0 Å². The maximum absolute atomic E-state index is 5.34. The molecule has 0 unspecified atom stereocenters. The molecule has 0 saturated heterocycles. The average molecular weight is 239 g/mol. The van der Waals surface area contributed by atoms with Gasteiger partial charge in [0.05, 0.1) is 0 Å². The SMILES string of the molecule is CC(C)(C)n1c(C2CCCCC2)n[nH]c1=S. The molecule has 0 aliphatic heterocycles. The molecule has 3 nitrogen and oxygen atoms in total. The second-order valence-electron chi connectivity index (χ2n) is 5.73. The molecule has 1 aromatic heterocycles. The molecule has 1 N–H and O–H groups in total. The van der Waals surface area contributed by atoms with Gasteiger partial charge in [-0.3, -0.25) is 9.67 Å². The van der Waals surface area contributed by atoms with E-state index in [0.29, 0.717) is 5.92 Å². The third-order valence-electron chi connectivity index (χ3n) is 3.34. The Hall–Kier alpha value is -0.640. The van der Waals surface area contributed by atoms with Crippen molar-refractivity contribution in [2.45, 2.75) is 64.3 Å². The number of hydrogen-bond acceptors (Lipinski definition) is 2.